The topological polar surface area (TPSA) is 104 Å². The third-order valence-electron chi connectivity index (χ3n) is 4.13. The van der Waals surface area contributed by atoms with Crippen LogP contribution in [0, 0.1) is 10.1 Å². The number of pyridine rings is 1. The maximum atomic E-state index is 12.4. The quantitative estimate of drug-likeness (QED) is 0.381. The number of aromatic amines is 2. The van der Waals surface area contributed by atoms with E-state index in [-0.39, 0.29) is 11.2 Å². The lowest BCUT2D eigenvalue weighted by molar-refractivity contribution is -0.384. The molecule has 0 aliphatic heterocycles. The van der Waals surface area contributed by atoms with Gasteiger partial charge in [0.05, 0.1) is 10.6 Å². The van der Waals surface area contributed by atoms with Crippen LogP contribution in [0.15, 0.2) is 71.8 Å². The molecular weight excluding hydrogens is 332 g/mol. The molecular formula is C19H14N4O3. The normalized spacial score (nSPS) is 10.8. The highest BCUT2D eigenvalue weighted by molar-refractivity contribution is 5.95. The highest BCUT2D eigenvalue weighted by atomic mass is 16.6. The molecule has 128 valence electrons. The highest BCUT2D eigenvalue weighted by Gasteiger charge is 2.10. The summed E-state index contributed by atoms with van der Waals surface area (Å²) in [5.74, 6) is 0. The molecule has 2 heterocycles. The highest BCUT2D eigenvalue weighted by Crippen LogP contribution is 2.28. The summed E-state index contributed by atoms with van der Waals surface area (Å²) in [4.78, 5) is 28.7. The first-order chi connectivity index (χ1) is 12.6. The number of nitrogens with zero attached hydrogens (tertiary/aromatic N) is 1. The van der Waals surface area contributed by atoms with E-state index < -0.39 is 4.92 Å². The third-order valence-corrected chi connectivity index (χ3v) is 4.13. The van der Waals surface area contributed by atoms with Gasteiger partial charge in [-0.3, -0.25) is 14.9 Å². The Hall–Kier alpha value is -3.87. The van der Waals surface area contributed by atoms with Crippen molar-refractivity contribution in [2.75, 3.05) is 5.32 Å². The lowest BCUT2D eigenvalue weighted by Gasteiger charge is -2.09. The lowest BCUT2D eigenvalue weighted by Crippen LogP contribution is -2.09. The Balaban J connectivity index is 1.75. The molecule has 2 aromatic carbocycles. The van der Waals surface area contributed by atoms with Crippen LogP contribution in [0.25, 0.3) is 22.0 Å². The van der Waals surface area contributed by atoms with Crippen LogP contribution in [0.2, 0.25) is 0 Å². The molecule has 0 unspecified atom stereocenters. The fraction of sp³-hybridized carbons (Fsp3) is 0. The maximum Gasteiger partial charge on any atom is 0.271 e. The number of fused-ring (bicyclic) bond motifs is 1. The van der Waals surface area contributed by atoms with Gasteiger partial charge in [-0.05, 0) is 29.8 Å². The van der Waals surface area contributed by atoms with Crippen molar-refractivity contribution < 1.29 is 4.92 Å². The van der Waals surface area contributed by atoms with Crippen LogP contribution in [0.1, 0.15) is 0 Å². The van der Waals surface area contributed by atoms with E-state index in [9.17, 15) is 14.9 Å². The summed E-state index contributed by atoms with van der Waals surface area (Å²) in [7, 11) is 0. The SMILES string of the molecule is O=c1[nH]cc(Nc2cccc([N+](=O)[O-])c2)cc1-c1cccc2[nH]ccc12. The van der Waals surface area contributed by atoms with Crippen molar-refractivity contribution in [3.8, 4) is 11.1 Å². The fourth-order valence-electron chi connectivity index (χ4n) is 2.94. The van der Waals surface area contributed by atoms with Gasteiger partial charge in [0.25, 0.3) is 11.2 Å². The zero-order valence-corrected chi connectivity index (χ0v) is 13.5. The van der Waals surface area contributed by atoms with Crippen LogP contribution in [0.5, 0.6) is 0 Å². The van der Waals surface area contributed by atoms with Crippen molar-refractivity contribution in [2.24, 2.45) is 0 Å². The fourth-order valence-corrected chi connectivity index (χ4v) is 2.94. The molecule has 7 nitrogen and oxygen atoms in total. The predicted octanol–water partition coefficient (Wildman–Crippen LogP) is 4.18. The second-order valence-electron chi connectivity index (χ2n) is 5.81. The number of hydrogen-bond acceptors (Lipinski definition) is 4. The van der Waals surface area contributed by atoms with Crippen LogP contribution >= 0.6 is 0 Å². The molecule has 2 aromatic heterocycles. The van der Waals surface area contributed by atoms with Crippen LogP contribution in [-0.4, -0.2) is 14.9 Å². The summed E-state index contributed by atoms with van der Waals surface area (Å²) in [5, 5.41) is 15.0. The minimum Gasteiger partial charge on any atom is -0.361 e. The second-order valence-corrected chi connectivity index (χ2v) is 5.81. The van der Waals surface area contributed by atoms with Gasteiger partial charge in [0, 0.05) is 46.7 Å². The molecule has 0 amide bonds. The molecule has 26 heavy (non-hydrogen) atoms. The third kappa shape index (κ3) is 2.82. The van der Waals surface area contributed by atoms with E-state index in [1.807, 2.05) is 30.5 Å². The van der Waals surface area contributed by atoms with E-state index in [0.29, 0.717) is 16.9 Å². The van der Waals surface area contributed by atoms with E-state index in [1.165, 1.54) is 12.1 Å². The monoisotopic (exact) mass is 346 g/mol. The van der Waals surface area contributed by atoms with Gasteiger partial charge in [-0.1, -0.05) is 18.2 Å². The molecule has 3 N–H and O–H groups in total. The van der Waals surface area contributed by atoms with Crippen molar-refractivity contribution in [1.82, 2.24) is 9.97 Å². The van der Waals surface area contributed by atoms with E-state index in [1.54, 1.807) is 24.4 Å². The number of aromatic nitrogens is 2. The Labute approximate surface area is 147 Å². The van der Waals surface area contributed by atoms with Gasteiger partial charge in [-0.15, -0.1) is 0 Å². The Kier molecular flexibility index (Phi) is 3.74. The molecule has 0 saturated heterocycles. The molecule has 7 heteroatoms. The first-order valence-corrected chi connectivity index (χ1v) is 7.92. The number of non-ortho nitro benzene ring substituents is 1. The number of rotatable bonds is 4. The van der Waals surface area contributed by atoms with Crippen molar-refractivity contribution in [3.05, 3.63) is 87.5 Å². The average molecular weight is 346 g/mol. The summed E-state index contributed by atoms with van der Waals surface area (Å²) < 4.78 is 0. The Bertz CT molecular complexity index is 1180. The molecule has 0 atom stereocenters. The molecule has 0 fully saturated rings. The first-order valence-electron chi connectivity index (χ1n) is 7.92. The van der Waals surface area contributed by atoms with Gasteiger partial charge in [0.2, 0.25) is 0 Å². The number of benzene rings is 2. The molecule has 0 saturated carbocycles. The van der Waals surface area contributed by atoms with Crippen LogP contribution in [0.3, 0.4) is 0 Å². The number of nitro benzene ring substituents is 1. The van der Waals surface area contributed by atoms with E-state index in [0.717, 1.165) is 16.5 Å². The van der Waals surface area contributed by atoms with Gasteiger partial charge in [0.15, 0.2) is 0 Å². The van der Waals surface area contributed by atoms with Crippen LogP contribution < -0.4 is 10.9 Å². The summed E-state index contributed by atoms with van der Waals surface area (Å²) in [6.07, 6.45) is 3.37. The van der Waals surface area contributed by atoms with Gasteiger partial charge in [0.1, 0.15) is 0 Å². The van der Waals surface area contributed by atoms with Crippen molar-refractivity contribution in [3.63, 3.8) is 0 Å². The first kappa shape index (κ1) is 15.6. The van der Waals surface area contributed by atoms with Crippen LogP contribution in [0.4, 0.5) is 17.1 Å². The van der Waals surface area contributed by atoms with E-state index in [2.05, 4.69) is 15.3 Å². The van der Waals surface area contributed by atoms with Crippen LogP contribution in [-0.2, 0) is 0 Å². The Morgan fingerprint density at radius 2 is 1.77 bits per heavy atom. The number of nitrogens with one attached hydrogen (secondary N) is 3. The molecule has 4 rings (SSSR count). The molecule has 0 bridgehead atoms. The zero-order valence-electron chi connectivity index (χ0n) is 13.5. The Morgan fingerprint density at radius 3 is 2.62 bits per heavy atom. The second kappa shape index (κ2) is 6.21. The number of nitro groups is 1. The van der Waals surface area contributed by atoms with Gasteiger partial charge in [-0.2, -0.15) is 0 Å². The standard InChI is InChI=1S/C19H14N4O3/c24-19-17(15-5-2-6-18-16(15)7-8-20-18)10-13(11-21-19)22-12-3-1-4-14(9-12)23(25)26/h1-11,20,22H,(H,21,24). The van der Waals surface area contributed by atoms with Gasteiger partial charge >= 0.3 is 0 Å². The number of hydrogen-bond donors (Lipinski definition) is 3. The molecule has 0 aliphatic rings. The molecule has 0 spiro atoms. The smallest absolute Gasteiger partial charge is 0.271 e. The Morgan fingerprint density at radius 1 is 0.923 bits per heavy atom. The van der Waals surface area contributed by atoms with Gasteiger partial charge in [-0.25, -0.2) is 0 Å². The van der Waals surface area contributed by atoms with Gasteiger partial charge < -0.3 is 15.3 Å². The zero-order chi connectivity index (χ0) is 18.1. The minimum atomic E-state index is -0.448. The molecule has 4 aromatic rings. The average Bonchev–Trinajstić information content (AvgIpc) is 3.12. The number of anilines is 2. The number of H-pyrrole nitrogens is 2. The van der Waals surface area contributed by atoms with Crippen molar-refractivity contribution >= 4 is 28.0 Å². The molecule has 0 radical (unpaired) electrons. The van der Waals surface area contributed by atoms with Crippen molar-refractivity contribution in [2.45, 2.75) is 0 Å². The summed E-state index contributed by atoms with van der Waals surface area (Å²) in [6.45, 7) is 0. The maximum absolute atomic E-state index is 12.4. The summed E-state index contributed by atoms with van der Waals surface area (Å²) in [6, 6.07) is 15.6. The van der Waals surface area contributed by atoms with Crippen molar-refractivity contribution in [1.29, 1.82) is 0 Å². The summed E-state index contributed by atoms with van der Waals surface area (Å²) in [5.41, 5.74) is 3.27. The largest absolute Gasteiger partial charge is 0.361 e. The van der Waals surface area contributed by atoms with E-state index >= 15 is 0 Å². The minimum absolute atomic E-state index is 0.00302. The predicted molar refractivity (Wildman–Crippen MR) is 101 cm³/mol. The lowest BCUT2D eigenvalue weighted by atomic mass is 10.0. The molecule has 0 aliphatic carbocycles. The van der Waals surface area contributed by atoms with E-state index in [4.69, 9.17) is 0 Å². The summed E-state index contributed by atoms with van der Waals surface area (Å²) >= 11 is 0.